The molecule has 4 nitrogen and oxygen atoms in total. The Hall–Kier alpha value is -1.28. The summed E-state index contributed by atoms with van der Waals surface area (Å²) in [7, 11) is 0. The summed E-state index contributed by atoms with van der Waals surface area (Å²) in [5.74, 6) is 0.499. The molecule has 0 saturated heterocycles. The van der Waals surface area contributed by atoms with Gasteiger partial charge in [0.2, 0.25) is 0 Å². The molecule has 0 aromatic heterocycles. The molecule has 0 aliphatic carbocycles. The van der Waals surface area contributed by atoms with Crippen LogP contribution in [0.25, 0.3) is 0 Å². The van der Waals surface area contributed by atoms with Crippen LogP contribution in [-0.4, -0.2) is 32.5 Å². The smallest absolute Gasteiger partial charge is 0.490 e. The molecular formula is C12H12BrF3O4. The number of carbonyl (C=O) groups excluding carboxylic acids is 1. The standard InChI is InChI=1S/C12H12BrF3O4/c1-2-18-10-6-8(7-17)5-9(13)11(10)19-3-4-20-12(14,15)16/h5-7H,2-4H2,1H3. The Morgan fingerprint density at radius 3 is 2.50 bits per heavy atom. The van der Waals surface area contributed by atoms with Crippen LogP contribution in [0.5, 0.6) is 11.5 Å². The van der Waals surface area contributed by atoms with Gasteiger partial charge in [0, 0.05) is 5.56 Å². The lowest BCUT2D eigenvalue weighted by atomic mass is 10.2. The highest BCUT2D eigenvalue weighted by Gasteiger charge is 2.28. The minimum Gasteiger partial charge on any atom is -0.490 e. The number of hydrogen-bond acceptors (Lipinski definition) is 4. The molecule has 0 unspecified atom stereocenters. The summed E-state index contributed by atoms with van der Waals surface area (Å²) < 4.78 is 49.9. The SMILES string of the molecule is CCOc1cc(C=O)cc(Br)c1OCCOC(F)(F)F. The van der Waals surface area contributed by atoms with Crippen molar-refractivity contribution in [1.29, 1.82) is 0 Å². The fourth-order valence-electron chi connectivity index (χ4n) is 1.36. The van der Waals surface area contributed by atoms with Crippen molar-refractivity contribution in [2.24, 2.45) is 0 Å². The molecule has 1 aromatic carbocycles. The van der Waals surface area contributed by atoms with E-state index in [1.807, 2.05) is 0 Å². The number of halogens is 4. The zero-order valence-electron chi connectivity index (χ0n) is 10.5. The zero-order valence-corrected chi connectivity index (χ0v) is 12.1. The van der Waals surface area contributed by atoms with E-state index in [-0.39, 0.29) is 18.1 Å². The molecule has 0 bridgehead atoms. The summed E-state index contributed by atoms with van der Waals surface area (Å²) in [4.78, 5) is 10.7. The average Bonchev–Trinajstić information content (AvgIpc) is 2.35. The Balaban J connectivity index is 2.75. The average molecular weight is 357 g/mol. The molecule has 1 aromatic rings. The molecule has 0 aliphatic rings. The van der Waals surface area contributed by atoms with Gasteiger partial charge in [-0.2, -0.15) is 0 Å². The molecule has 0 N–H and O–H groups in total. The van der Waals surface area contributed by atoms with E-state index in [0.717, 1.165) is 0 Å². The quantitative estimate of drug-likeness (QED) is 0.553. The number of benzene rings is 1. The fourth-order valence-corrected chi connectivity index (χ4v) is 1.93. The Bertz CT molecular complexity index is 463. The third-order valence-electron chi connectivity index (χ3n) is 2.06. The van der Waals surface area contributed by atoms with Crippen LogP contribution < -0.4 is 9.47 Å². The van der Waals surface area contributed by atoms with Gasteiger partial charge in [-0.15, -0.1) is 13.2 Å². The van der Waals surface area contributed by atoms with Gasteiger partial charge in [0.15, 0.2) is 11.5 Å². The van der Waals surface area contributed by atoms with E-state index in [1.165, 1.54) is 12.1 Å². The summed E-state index contributed by atoms with van der Waals surface area (Å²) in [6.45, 7) is 1.11. The van der Waals surface area contributed by atoms with Crippen molar-refractivity contribution in [1.82, 2.24) is 0 Å². The maximum Gasteiger partial charge on any atom is 0.522 e. The van der Waals surface area contributed by atoms with Crippen LogP contribution in [0.1, 0.15) is 17.3 Å². The first-order valence-corrected chi connectivity index (χ1v) is 6.41. The molecule has 0 fully saturated rings. The molecule has 0 spiro atoms. The van der Waals surface area contributed by atoms with Crippen molar-refractivity contribution in [3.8, 4) is 11.5 Å². The second-order valence-electron chi connectivity index (χ2n) is 3.52. The van der Waals surface area contributed by atoms with Crippen molar-refractivity contribution in [2.45, 2.75) is 13.3 Å². The zero-order chi connectivity index (χ0) is 15.2. The first-order valence-electron chi connectivity index (χ1n) is 5.62. The van der Waals surface area contributed by atoms with E-state index in [1.54, 1.807) is 6.92 Å². The van der Waals surface area contributed by atoms with Crippen LogP contribution in [0, 0.1) is 0 Å². The summed E-state index contributed by atoms with van der Waals surface area (Å²) in [6.07, 6.45) is -4.06. The molecule has 1 rings (SSSR count). The molecule has 0 atom stereocenters. The Morgan fingerprint density at radius 2 is 1.95 bits per heavy atom. The topological polar surface area (TPSA) is 44.8 Å². The second-order valence-corrected chi connectivity index (χ2v) is 4.38. The summed E-state index contributed by atoms with van der Waals surface area (Å²) in [5, 5.41) is 0. The lowest BCUT2D eigenvalue weighted by Crippen LogP contribution is -2.18. The Labute approximate surface area is 121 Å². The van der Waals surface area contributed by atoms with Gasteiger partial charge < -0.3 is 9.47 Å². The van der Waals surface area contributed by atoms with E-state index < -0.39 is 13.0 Å². The number of rotatable bonds is 7. The molecule has 20 heavy (non-hydrogen) atoms. The van der Waals surface area contributed by atoms with E-state index in [9.17, 15) is 18.0 Å². The Kier molecular flexibility index (Phi) is 6.28. The molecule has 0 heterocycles. The highest BCUT2D eigenvalue weighted by Crippen LogP contribution is 2.36. The van der Waals surface area contributed by atoms with Gasteiger partial charge in [-0.3, -0.25) is 9.53 Å². The van der Waals surface area contributed by atoms with Gasteiger partial charge in [-0.25, -0.2) is 0 Å². The van der Waals surface area contributed by atoms with Gasteiger partial charge in [0.25, 0.3) is 0 Å². The van der Waals surface area contributed by atoms with Crippen molar-refractivity contribution < 1.29 is 32.2 Å². The third-order valence-corrected chi connectivity index (χ3v) is 2.65. The number of alkyl halides is 3. The maximum atomic E-state index is 11.8. The van der Waals surface area contributed by atoms with E-state index in [2.05, 4.69) is 20.7 Å². The molecule has 112 valence electrons. The van der Waals surface area contributed by atoms with Crippen molar-refractivity contribution >= 4 is 22.2 Å². The maximum absolute atomic E-state index is 11.8. The lowest BCUT2D eigenvalue weighted by molar-refractivity contribution is -0.325. The van der Waals surface area contributed by atoms with Gasteiger partial charge in [0.1, 0.15) is 12.9 Å². The molecule has 0 amide bonds. The minimum atomic E-state index is -4.69. The Morgan fingerprint density at radius 1 is 1.25 bits per heavy atom. The molecule has 0 radical (unpaired) electrons. The normalized spacial score (nSPS) is 11.2. The van der Waals surface area contributed by atoms with Gasteiger partial charge in [-0.05, 0) is 35.0 Å². The van der Waals surface area contributed by atoms with Crippen LogP contribution in [0.3, 0.4) is 0 Å². The highest BCUT2D eigenvalue weighted by molar-refractivity contribution is 9.10. The van der Waals surface area contributed by atoms with Crippen molar-refractivity contribution in [3.05, 3.63) is 22.2 Å². The summed E-state index contributed by atoms with van der Waals surface area (Å²) >= 11 is 3.17. The largest absolute Gasteiger partial charge is 0.522 e. The number of hydrogen-bond donors (Lipinski definition) is 0. The molecule has 0 aliphatic heterocycles. The van der Waals surface area contributed by atoms with Gasteiger partial charge in [-0.1, -0.05) is 0 Å². The van der Waals surface area contributed by atoms with E-state index in [4.69, 9.17) is 9.47 Å². The summed E-state index contributed by atoms with van der Waals surface area (Å²) in [6, 6.07) is 2.93. The van der Waals surface area contributed by atoms with E-state index in [0.29, 0.717) is 22.9 Å². The third kappa shape index (κ3) is 5.38. The number of carbonyl (C=O) groups is 1. The van der Waals surface area contributed by atoms with Crippen molar-refractivity contribution in [2.75, 3.05) is 19.8 Å². The summed E-state index contributed by atoms with van der Waals surface area (Å²) in [5.41, 5.74) is 0.360. The van der Waals surface area contributed by atoms with Gasteiger partial charge in [0.05, 0.1) is 17.7 Å². The lowest BCUT2D eigenvalue weighted by Gasteiger charge is -2.14. The fraction of sp³-hybridized carbons (Fsp3) is 0.417. The highest BCUT2D eigenvalue weighted by atomic mass is 79.9. The minimum absolute atomic E-state index is 0.225. The van der Waals surface area contributed by atoms with Crippen LogP contribution in [0.4, 0.5) is 13.2 Å². The van der Waals surface area contributed by atoms with Crippen LogP contribution >= 0.6 is 15.9 Å². The first-order chi connectivity index (χ1) is 9.37. The van der Waals surface area contributed by atoms with Crippen molar-refractivity contribution in [3.63, 3.8) is 0 Å². The molecular weight excluding hydrogens is 345 g/mol. The van der Waals surface area contributed by atoms with Crippen LogP contribution in [0.15, 0.2) is 16.6 Å². The van der Waals surface area contributed by atoms with Crippen LogP contribution in [-0.2, 0) is 4.74 Å². The van der Waals surface area contributed by atoms with Gasteiger partial charge >= 0.3 is 6.36 Å². The molecule has 8 heteroatoms. The number of aldehydes is 1. The monoisotopic (exact) mass is 356 g/mol. The second kappa shape index (κ2) is 7.49. The number of ether oxygens (including phenoxy) is 3. The predicted molar refractivity (Wildman–Crippen MR) is 68.2 cm³/mol. The molecule has 0 saturated carbocycles. The predicted octanol–water partition coefficient (Wildman–Crippen LogP) is 3.58. The first kappa shape index (κ1) is 16.8. The van der Waals surface area contributed by atoms with E-state index >= 15 is 0 Å². The van der Waals surface area contributed by atoms with Crippen LogP contribution in [0.2, 0.25) is 0 Å².